The van der Waals surface area contributed by atoms with Gasteiger partial charge in [-0.25, -0.2) is 0 Å². The van der Waals surface area contributed by atoms with E-state index in [0.717, 1.165) is 6.61 Å². The quantitative estimate of drug-likeness (QED) is 0.502. The summed E-state index contributed by atoms with van der Waals surface area (Å²) in [5.74, 6) is 1.63. The van der Waals surface area contributed by atoms with E-state index in [9.17, 15) is 0 Å². The molecule has 0 aliphatic carbocycles. The Labute approximate surface area is 95.0 Å². The standard InChI is InChI=1S/C12H22NO.CH3.Lr/c1-11-3-5-12(14-10-4-11)6-8-13(2)9-7-12;;/h3-10H2,1-2H3;1H3;/q2*-1;. The second kappa shape index (κ2) is 5.86. The molecule has 1 spiro atoms. The average Bonchev–Trinajstić information content (AvgIpc) is 2.36. The maximum Gasteiger partial charge on any atom is 0.0681 e. The first-order chi connectivity index (χ1) is 6.70. The maximum absolute atomic E-state index is 6.10. The number of hydrogen-bond donors (Lipinski definition) is 0. The van der Waals surface area contributed by atoms with Crippen LogP contribution in [0.3, 0.4) is 0 Å². The molecular weight excluding hydrogens is 448 g/mol. The second-order valence-corrected chi connectivity index (χ2v) is 5.04. The molecular formula is C13H25LrNO-2. The van der Waals surface area contributed by atoms with Gasteiger partial charge in [0.2, 0.25) is 0 Å². The van der Waals surface area contributed by atoms with Crippen molar-refractivity contribution in [3.8, 4) is 0 Å². The summed E-state index contributed by atoms with van der Waals surface area (Å²) in [5, 5.41) is 0. The number of ether oxygens (including phenoxy) is 1. The van der Waals surface area contributed by atoms with Crippen molar-refractivity contribution in [3.63, 3.8) is 0 Å². The van der Waals surface area contributed by atoms with Crippen LogP contribution in [0.15, 0.2) is 0 Å². The predicted molar refractivity (Wildman–Crippen MR) is 64.6 cm³/mol. The topological polar surface area (TPSA) is 12.5 Å². The van der Waals surface area contributed by atoms with Crippen LogP contribution in [0.4, 0.5) is 0 Å². The summed E-state index contributed by atoms with van der Waals surface area (Å²) in [6, 6.07) is 0. The van der Waals surface area contributed by atoms with Gasteiger partial charge in [-0.2, -0.15) is 19.8 Å². The largest absolute Gasteiger partial charge is 0.378 e. The minimum absolute atomic E-state index is 0. The number of nitrogens with zero attached hydrogens (tertiary/aromatic N) is 1. The summed E-state index contributed by atoms with van der Waals surface area (Å²) in [5.41, 5.74) is 0.240. The van der Waals surface area contributed by atoms with Crippen LogP contribution in [0.5, 0.6) is 0 Å². The molecule has 2 saturated heterocycles. The van der Waals surface area contributed by atoms with Crippen LogP contribution in [0.25, 0.3) is 0 Å². The van der Waals surface area contributed by atoms with Crippen LogP contribution in [0.2, 0.25) is 0 Å². The summed E-state index contributed by atoms with van der Waals surface area (Å²) in [4.78, 5) is 2.41. The summed E-state index contributed by atoms with van der Waals surface area (Å²) >= 11 is 0. The van der Waals surface area contributed by atoms with Crippen LogP contribution < -0.4 is 0 Å². The molecule has 1 radical (unpaired) electrons. The second-order valence-electron chi connectivity index (χ2n) is 5.04. The SMILES string of the molecule is C[C-]1CCOC2(CC1)CCN(C)CC2.[CH3-].[Lr]. The van der Waals surface area contributed by atoms with Crippen LogP contribution in [0.1, 0.15) is 39.0 Å². The van der Waals surface area contributed by atoms with Gasteiger partial charge in [-0.1, -0.05) is 6.42 Å². The van der Waals surface area contributed by atoms with Crippen molar-refractivity contribution in [1.82, 2.24) is 4.90 Å². The van der Waals surface area contributed by atoms with E-state index in [2.05, 4.69) is 18.9 Å². The monoisotopic (exact) mass is 473 g/mol. The smallest absolute Gasteiger partial charge is 0.0681 e. The van der Waals surface area contributed by atoms with E-state index in [0.29, 0.717) is 0 Å². The van der Waals surface area contributed by atoms with Crippen molar-refractivity contribution in [3.05, 3.63) is 13.3 Å². The Morgan fingerprint density at radius 2 is 1.75 bits per heavy atom. The fourth-order valence-corrected chi connectivity index (χ4v) is 2.50. The van der Waals surface area contributed by atoms with E-state index in [1.807, 2.05) is 0 Å². The molecule has 2 aliphatic heterocycles. The molecule has 0 amide bonds. The molecule has 0 atom stereocenters. The average molecular weight is 473 g/mol. The molecule has 2 aliphatic rings. The zero-order chi connectivity index (χ0) is 10.0. The molecule has 3 heteroatoms. The molecule has 2 rings (SSSR count). The Morgan fingerprint density at radius 1 is 1.12 bits per heavy atom. The van der Waals surface area contributed by atoms with Gasteiger partial charge in [-0.15, -0.1) is 0 Å². The first kappa shape index (κ1) is 14.9. The number of rotatable bonds is 0. The Hall–Kier alpha value is -1.08. The van der Waals surface area contributed by atoms with Crippen molar-refractivity contribution < 1.29 is 4.74 Å². The van der Waals surface area contributed by atoms with Crippen LogP contribution >= 0.6 is 0 Å². The van der Waals surface area contributed by atoms with Gasteiger partial charge in [-0.05, 0) is 19.9 Å². The van der Waals surface area contributed by atoms with Gasteiger partial charge in [0.05, 0.1) is 5.60 Å². The van der Waals surface area contributed by atoms with E-state index in [1.54, 1.807) is 5.92 Å². The Bertz CT molecular complexity index is 185. The van der Waals surface area contributed by atoms with Crippen molar-refractivity contribution in [1.29, 1.82) is 0 Å². The summed E-state index contributed by atoms with van der Waals surface area (Å²) in [7, 11) is 2.21. The fraction of sp³-hybridized carbons (Fsp3) is 0.846. The van der Waals surface area contributed by atoms with E-state index in [-0.39, 0.29) is 13.0 Å². The van der Waals surface area contributed by atoms with Crippen molar-refractivity contribution in [2.24, 2.45) is 0 Å². The Balaban J connectivity index is 0.00000112. The zero-order valence-electron chi connectivity index (χ0n) is 10.8. The number of piperidine rings is 1. The van der Waals surface area contributed by atoms with Crippen LogP contribution in [0, 0.1) is 13.3 Å². The van der Waals surface area contributed by atoms with Gasteiger partial charge in [-0.3, -0.25) is 0 Å². The van der Waals surface area contributed by atoms with Crippen molar-refractivity contribution in [2.75, 3.05) is 26.7 Å². The molecule has 0 unspecified atom stereocenters. The summed E-state index contributed by atoms with van der Waals surface area (Å²) in [6.07, 6.45) is 6.18. The number of likely N-dealkylation sites (tertiary alicyclic amines) is 1. The fourth-order valence-electron chi connectivity index (χ4n) is 2.50. The molecule has 2 fully saturated rings. The molecule has 2 heterocycles. The maximum atomic E-state index is 6.10. The first-order valence-electron chi connectivity index (χ1n) is 5.84. The van der Waals surface area contributed by atoms with Gasteiger partial charge < -0.3 is 23.0 Å². The minimum atomic E-state index is 0. The van der Waals surface area contributed by atoms with Gasteiger partial charge in [0.15, 0.2) is 0 Å². The third-order valence-corrected chi connectivity index (χ3v) is 3.84. The van der Waals surface area contributed by atoms with Crippen molar-refractivity contribution in [2.45, 2.75) is 44.6 Å². The van der Waals surface area contributed by atoms with Gasteiger partial charge in [0, 0.05) is 19.7 Å². The molecule has 0 aromatic carbocycles. The zero-order valence-corrected chi connectivity index (χ0v) is 12.9. The van der Waals surface area contributed by atoms with E-state index in [1.165, 1.54) is 45.2 Å². The van der Waals surface area contributed by atoms with Crippen LogP contribution in [-0.4, -0.2) is 37.2 Å². The molecule has 0 aromatic heterocycles. The molecule has 0 N–H and O–H groups in total. The van der Waals surface area contributed by atoms with E-state index >= 15 is 0 Å². The summed E-state index contributed by atoms with van der Waals surface area (Å²) in [6.45, 7) is 5.64. The molecule has 0 aromatic rings. The predicted octanol–water partition coefficient (Wildman–Crippen LogP) is 2.70. The molecule has 0 bridgehead atoms. The molecule has 105 valence electrons. The van der Waals surface area contributed by atoms with E-state index < -0.39 is 0 Å². The number of hydrogen-bond acceptors (Lipinski definition) is 2. The minimum Gasteiger partial charge on any atom is -0.378 e. The van der Waals surface area contributed by atoms with E-state index in [4.69, 9.17) is 4.74 Å². The Kier molecular flexibility index (Phi) is 5.46. The summed E-state index contributed by atoms with van der Waals surface area (Å²) < 4.78 is 6.10. The van der Waals surface area contributed by atoms with Gasteiger partial charge >= 0.3 is 0 Å². The molecule has 16 heavy (non-hydrogen) atoms. The molecule has 0 saturated carbocycles. The molecule has 2 nitrogen and oxygen atoms in total. The Morgan fingerprint density at radius 3 is 2.38 bits per heavy atom. The first-order valence-corrected chi connectivity index (χ1v) is 5.84. The van der Waals surface area contributed by atoms with Gasteiger partial charge in [0.1, 0.15) is 0 Å². The van der Waals surface area contributed by atoms with Crippen LogP contribution in [-0.2, 0) is 4.74 Å². The normalized spacial score (nSPS) is 26.6. The third kappa shape index (κ3) is 3.21. The third-order valence-electron chi connectivity index (χ3n) is 3.84. The van der Waals surface area contributed by atoms with Crippen molar-refractivity contribution >= 4 is 0 Å². The van der Waals surface area contributed by atoms with Gasteiger partial charge in [0.25, 0.3) is 0 Å².